The lowest BCUT2D eigenvalue weighted by Gasteiger charge is -2.41. The van der Waals surface area contributed by atoms with Crippen LogP contribution in [0.1, 0.15) is 6.42 Å². The van der Waals surface area contributed by atoms with Gasteiger partial charge >= 0.3 is 47.0 Å². The van der Waals surface area contributed by atoms with Gasteiger partial charge in [0.2, 0.25) is 0 Å². The SMILES string of the molecule is CN(C)CCC(NS(=O)(=O)C(F)(F)C(F)(F)C(F)(F)C(F)(F)C(F)(F)C(F)(F)C(F)(F)F)C(=O)O. The van der Waals surface area contributed by atoms with Crippen molar-refractivity contribution in [2.45, 2.75) is 53.5 Å². The molecule has 0 rings (SSSR count). The first-order chi connectivity index (χ1) is 15.0. The molecule has 0 bridgehead atoms. The molecule has 0 heterocycles. The van der Waals surface area contributed by atoms with Gasteiger partial charge in [-0.25, -0.2) is 8.42 Å². The van der Waals surface area contributed by atoms with Crippen molar-refractivity contribution < 1.29 is 84.2 Å². The first kappa shape index (κ1) is 33.3. The molecular weight excluding hydrogens is 565 g/mol. The van der Waals surface area contributed by atoms with Crippen LogP contribution in [0.25, 0.3) is 0 Å². The average molecular weight is 578 g/mol. The molecule has 2 N–H and O–H groups in total. The van der Waals surface area contributed by atoms with Crippen LogP contribution in [-0.4, -0.2) is 92.1 Å². The van der Waals surface area contributed by atoms with Crippen LogP contribution in [0, 0.1) is 0 Å². The Kier molecular flexibility index (Phi) is 8.85. The first-order valence-electron chi connectivity index (χ1n) is 8.20. The fourth-order valence-corrected chi connectivity index (χ4v) is 3.21. The molecule has 1 unspecified atom stereocenters. The number of halogens is 15. The van der Waals surface area contributed by atoms with Gasteiger partial charge in [0.25, 0.3) is 10.0 Å². The Morgan fingerprint density at radius 2 is 1.09 bits per heavy atom. The second-order valence-corrected chi connectivity index (χ2v) is 8.75. The van der Waals surface area contributed by atoms with E-state index in [2.05, 4.69) is 0 Å². The van der Waals surface area contributed by atoms with Crippen molar-refractivity contribution in [1.82, 2.24) is 9.62 Å². The molecule has 0 radical (unpaired) electrons. The molecule has 0 aliphatic carbocycles. The lowest BCUT2D eigenvalue weighted by Crippen LogP contribution is -2.74. The fourth-order valence-electron chi connectivity index (χ4n) is 2.00. The minimum Gasteiger partial charge on any atom is -0.480 e. The molecule has 0 spiro atoms. The van der Waals surface area contributed by atoms with Gasteiger partial charge in [-0.15, -0.1) is 0 Å². The predicted octanol–water partition coefficient (Wildman–Crippen LogP) is 3.64. The van der Waals surface area contributed by atoms with Crippen LogP contribution in [0.5, 0.6) is 0 Å². The van der Waals surface area contributed by atoms with E-state index in [0.29, 0.717) is 0 Å². The second kappa shape index (κ2) is 9.30. The monoisotopic (exact) mass is 578 g/mol. The summed E-state index contributed by atoms with van der Waals surface area (Å²) in [5.41, 5.74) is 0. The van der Waals surface area contributed by atoms with Crippen molar-refractivity contribution in [3.05, 3.63) is 0 Å². The van der Waals surface area contributed by atoms with Gasteiger partial charge in [0.05, 0.1) is 0 Å². The first-order valence-corrected chi connectivity index (χ1v) is 9.68. The molecule has 0 amide bonds. The van der Waals surface area contributed by atoms with Crippen LogP contribution in [0.4, 0.5) is 65.9 Å². The van der Waals surface area contributed by atoms with Gasteiger partial charge in [0.15, 0.2) is 0 Å². The average Bonchev–Trinajstić information content (AvgIpc) is 2.62. The summed E-state index contributed by atoms with van der Waals surface area (Å²) in [6.07, 6.45) is -8.87. The van der Waals surface area contributed by atoms with Crippen LogP contribution < -0.4 is 4.72 Å². The number of hydrogen-bond acceptors (Lipinski definition) is 4. The fraction of sp³-hybridized carbons (Fsp3) is 0.923. The highest BCUT2D eigenvalue weighted by Crippen LogP contribution is 2.62. The van der Waals surface area contributed by atoms with Crippen LogP contribution in [-0.2, 0) is 14.8 Å². The third kappa shape index (κ3) is 5.23. The summed E-state index contributed by atoms with van der Waals surface area (Å²) in [4.78, 5) is 12.0. The lowest BCUT2D eigenvalue weighted by molar-refractivity contribution is -0.447. The van der Waals surface area contributed by atoms with Crippen LogP contribution in [0.2, 0.25) is 0 Å². The Morgan fingerprint density at radius 3 is 1.40 bits per heavy atom. The molecular formula is C13H13F15N2O4S. The minimum atomic E-state index is -8.67. The van der Waals surface area contributed by atoms with Crippen molar-refractivity contribution in [2.24, 2.45) is 0 Å². The zero-order valence-electron chi connectivity index (χ0n) is 16.7. The summed E-state index contributed by atoms with van der Waals surface area (Å²) in [6.45, 7) is -0.519. The summed E-state index contributed by atoms with van der Waals surface area (Å²) in [5, 5.41) is 1.07. The third-order valence-corrected chi connectivity index (χ3v) is 5.62. The maximum absolute atomic E-state index is 13.9. The number of sulfonamides is 1. The van der Waals surface area contributed by atoms with Crippen LogP contribution in [0.3, 0.4) is 0 Å². The Hall–Kier alpha value is -1.71. The van der Waals surface area contributed by atoms with Crippen molar-refractivity contribution in [3.8, 4) is 0 Å². The standard InChI is InChI=1S/C13H13F15N2O4S/c1-30(2)4-3-5(6(31)32)29-35(33,34)13(27,28)11(22,23)9(18,19)7(14,15)8(16,17)10(20,21)12(24,25)26/h5,29H,3-4H2,1-2H3,(H,31,32). The zero-order valence-corrected chi connectivity index (χ0v) is 17.5. The molecule has 210 valence electrons. The maximum Gasteiger partial charge on any atom is 0.460 e. The molecule has 35 heavy (non-hydrogen) atoms. The van der Waals surface area contributed by atoms with E-state index in [0.717, 1.165) is 4.90 Å². The zero-order chi connectivity index (χ0) is 28.9. The number of carboxylic acid groups (broad SMARTS) is 1. The van der Waals surface area contributed by atoms with E-state index in [1.807, 2.05) is 0 Å². The number of rotatable bonds is 12. The van der Waals surface area contributed by atoms with E-state index in [-0.39, 0.29) is 4.72 Å². The van der Waals surface area contributed by atoms with E-state index >= 15 is 0 Å². The molecule has 0 fully saturated rings. The molecule has 6 nitrogen and oxygen atoms in total. The van der Waals surface area contributed by atoms with E-state index in [1.165, 1.54) is 14.1 Å². The van der Waals surface area contributed by atoms with E-state index in [1.54, 1.807) is 0 Å². The van der Waals surface area contributed by atoms with Gasteiger partial charge in [0, 0.05) is 0 Å². The number of hydrogen-bond donors (Lipinski definition) is 2. The summed E-state index contributed by atoms with van der Waals surface area (Å²) < 4.78 is 220. The van der Waals surface area contributed by atoms with Gasteiger partial charge in [-0.1, -0.05) is 0 Å². The summed E-state index contributed by atoms with van der Waals surface area (Å²) in [7, 11) is -5.21. The van der Waals surface area contributed by atoms with E-state index < -0.39 is 76.0 Å². The second-order valence-electron chi connectivity index (χ2n) is 6.99. The number of carbonyl (C=O) groups is 1. The summed E-state index contributed by atoms with van der Waals surface area (Å²) >= 11 is 0. The number of aliphatic carboxylic acids is 1. The minimum absolute atomic E-state index is 0.233. The van der Waals surface area contributed by atoms with Gasteiger partial charge in [-0.05, 0) is 27.1 Å². The molecule has 0 saturated carbocycles. The predicted molar refractivity (Wildman–Crippen MR) is 82.4 cm³/mol. The molecule has 0 saturated heterocycles. The molecule has 0 aromatic rings. The van der Waals surface area contributed by atoms with Gasteiger partial charge in [-0.3, -0.25) is 4.79 Å². The normalized spacial score (nSPS) is 16.5. The summed E-state index contributed by atoms with van der Waals surface area (Å²) in [5.74, 6) is -44.8. The number of nitrogens with zero attached hydrogens (tertiary/aromatic N) is 1. The Morgan fingerprint density at radius 1 is 0.743 bits per heavy atom. The largest absolute Gasteiger partial charge is 0.480 e. The van der Waals surface area contributed by atoms with Crippen LogP contribution >= 0.6 is 0 Å². The quantitative estimate of drug-likeness (QED) is 0.346. The Bertz CT molecular complexity index is 886. The van der Waals surface area contributed by atoms with E-state index in [4.69, 9.17) is 5.11 Å². The highest BCUT2D eigenvalue weighted by atomic mass is 32.2. The van der Waals surface area contributed by atoms with Crippen LogP contribution in [0.15, 0.2) is 0 Å². The van der Waals surface area contributed by atoms with Gasteiger partial charge in [0.1, 0.15) is 6.04 Å². The molecule has 1 atom stereocenters. The topological polar surface area (TPSA) is 86.7 Å². The third-order valence-electron chi connectivity index (χ3n) is 4.10. The van der Waals surface area contributed by atoms with E-state index in [9.17, 15) is 79.1 Å². The smallest absolute Gasteiger partial charge is 0.460 e. The highest BCUT2D eigenvalue weighted by molar-refractivity contribution is 7.90. The van der Waals surface area contributed by atoms with Gasteiger partial charge < -0.3 is 10.0 Å². The number of nitrogens with one attached hydrogen (secondary N) is 1. The van der Waals surface area contributed by atoms with Crippen molar-refractivity contribution in [2.75, 3.05) is 20.6 Å². The van der Waals surface area contributed by atoms with Crippen molar-refractivity contribution in [1.29, 1.82) is 0 Å². The Balaban J connectivity index is 6.66. The molecule has 0 aliphatic rings. The number of carboxylic acids is 1. The lowest BCUT2D eigenvalue weighted by atomic mass is 9.94. The van der Waals surface area contributed by atoms with Crippen molar-refractivity contribution >= 4 is 16.0 Å². The molecule has 22 heteroatoms. The Labute approximate surface area is 185 Å². The highest BCUT2D eigenvalue weighted by Gasteiger charge is 2.94. The molecule has 0 aromatic carbocycles. The summed E-state index contributed by atoms with van der Waals surface area (Å²) in [6, 6.07) is -2.84. The maximum atomic E-state index is 13.9. The molecule has 0 aliphatic heterocycles. The molecule has 0 aromatic heterocycles. The number of alkyl halides is 15. The van der Waals surface area contributed by atoms with Crippen molar-refractivity contribution in [3.63, 3.8) is 0 Å². The van der Waals surface area contributed by atoms with Gasteiger partial charge in [-0.2, -0.15) is 70.6 Å².